The van der Waals surface area contributed by atoms with Crippen LogP contribution in [0.2, 0.25) is 0 Å². The van der Waals surface area contributed by atoms with Gasteiger partial charge in [-0.3, -0.25) is 4.72 Å². The quantitative estimate of drug-likeness (QED) is 0.771. The molecule has 0 radical (unpaired) electrons. The third kappa shape index (κ3) is 3.52. The van der Waals surface area contributed by atoms with E-state index < -0.39 is 10.0 Å². The summed E-state index contributed by atoms with van der Waals surface area (Å²) in [7, 11) is -2.07. The highest BCUT2D eigenvalue weighted by atomic mass is 32.2. The fourth-order valence-electron chi connectivity index (χ4n) is 2.11. The van der Waals surface area contributed by atoms with Crippen LogP contribution in [0, 0.1) is 0 Å². The van der Waals surface area contributed by atoms with E-state index in [0.29, 0.717) is 17.3 Å². The zero-order chi connectivity index (χ0) is 17.0. The first-order chi connectivity index (χ1) is 11.6. The zero-order valence-corrected chi connectivity index (χ0v) is 13.7. The van der Waals surface area contributed by atoms with Crippen LogP contribution >= 0.6 is 0 Å². The molecule has 2 aromatic carbocycles. The smallest absolute Gasteiger partial charge is 0.261 e. The number of hydrogen-bond acceptors (Lipinski definition) is 5. The summed E-state index contributed by atoms with van der Waals surface area (Å²) in [6.07, 6.45) is 0. The Morgan fingerprint density at radius 3 is 2.17 bits per heavy atom. The van der Waals surface area contributed by atoms with Crippen molar-refractivity contribution in [1.29, 1.82) is 0 Å². The van der Waals surface area contributed by atoms with Gasteiger partial charge in [-0.2, -0.15) is 0 Å². The molecule has 0 aliphatic heterocycles. The molecule has 0 aliphatic carbocycles. The molecule has 0 aliphatic rings. The van der Waals surface area contributed by atoms with E-state index in [9.17, 15) is 8.42 Å². The maximum absolute atomic E-state index is 12.3. The second kappa shape index (κ2) is 6.67. The van der Waals surface area contributed by atoms with Crippen LogP contribution in [0.3, 0.4) is 0 Å². The third-order valence-electron chi connectivity index (χ3n) is 3.34. The molecule has 0 amide bonds. The van der Waals surface area contributed by atoms with Crippen molar-refractivity contribution in [2.24, 2.45) is 0 Å². The van der Waals surface area contributed by atoms with Crippen LogP contribution < -0.4 is 9.46 Å². The number of nitrogens with one attached hydrogen (secondary N) is 1. The fraction of sp³-hybridized carbons (Fsp3) is 0.0588. The number of ether oxygens (including phenoxy) is 1. The molecule has 0 atom stereocenters. The molecule has 6 nitrogen and oxygen atoms in total. The molecule has 0 fully saturated rings. The monoisotopic (exact) mass is 341 g/mol. The molecule has 3 rings (SSSR count). The SMILES string of the molecule is COc1ccc(-c2ccc(NS(=O)(=O)c3ccccc3)cc2)nn1. The van der Waals surface area contributed by atoms with Gasteiger partial charge in [0.1, 0.15) is 0 Å². The summed E-state index contributed by atoms with van der Waals surface area (Å²) in [6.45, 7) is 0. The highest BCUT2D eigenvalue weighted by Crippen LogP contribution is 2.22. The number of anilines is 1. The van der Waals surface area contributed by atoms with Gasteiger partial charge in [-0.05, 0) is 30.3 Å². The van der Waals surface area contributed by atoms with E-state index in [1.165, 1.54) is 7.11 Å². The standard InChI is InChI=1S/C17H15N3O3S/c1-23-17-12-11-16(18-19-17)13-7-9-14(10-8-13)20-24(21,22)15-5-3-2-4-6-15/h2-12,20H,1H3. The Bertz CT molecular complexity index is 910. The van der Waals surface area contributed by atoms with Crippen molar-refractivity contribution in [2.45, 2.75) is 4.90 Å². The average molecular weight is 341 g/mol. The second-order valence-corrected chi connectivity index (χ2v) is 6.64. The van der Waals surface area contributed by atoms with E-state index >= 15 is 0 Å². The number of hydrogen-bond donors (Lipinski definition) is 1. The van der Waals surface area contributed by atoms with E-state index in [1.807, 2.05) is 0 Å². The molecule has 0 saturated heterocycles. The van der Waals surface area contributed by atoms with Gasteiger partial charge in [-0.25, -0.2) is 8.42 Å². The highest BCUT2D eigenvalue weighted by molar-refractivity contribution is 7.92. The van der Waals surface area contributed by atoms with Crippen LogP contribution in [0.1, 0.15) is 0 Å². The lowest BCUT2D eigenvalue weighted by molar-refractivity contribution is 0.392. The fourth-order valence-corrected chi connectivity index (χ4v) is 3.19. The van der Waals surface area contributed by atoms with Gasteiger partial charge in [0.15, 0.2) is 0 Å². The van der Waals surface area contributed by atoms with Gasteiger partial charge in [0.05, 0.1) is 17.7 Å². The molecule has 0 unspecified atom stereocenters. The van der Waals surface area contributed by atoms with Gasteiger partial charge in [0.25, 0.3) is 10.0 Å². The molecular formula is C17H15N3O3S. The predicted molar refractivity (Wildman–Crippen MR) is 91.3 cm³/mol. The normalized spacial score (nSPS) is 11.0. The molecule has 1 heterocycles. The van der Waals surface area contributed by atoms with Crippen molar-refractivity contribution < 1.29 is 13.2 Å². The Morgan fingerprint density at radius 1 is 0.875 bits per heavy atom. The van der Waals surface area contributed by atoms with Crippen LogP contribution in [0.15, 0.2) is 71.6 Å². The Balaban J connectivity index is 1.79. The van der Waals surface area contributed by atoms with E-state index in [1.54, 1.807) is 66.7 Å². The number of nitrogens with zero attached hydrogens (tertiary/aromatic N) is 2. The zero-order valence-electron chi connectivity index (χ0n) is 12.9. The van der Waals surface area contributed by atoms with Crippen LogP contribution in [0.25, 0.3) is 11.3 Å². The summed E-state index contributed by atoms with van der Waals surface area (Å²) < 4.78 is 32.1. The van der Waals surface area contributed by atoms with Crippen molar-refractivity contribution in [3.8, 4) is 17.1 Å². The molecule has 122 valence electrons. The molecule has 1 N–H and O–H groups in total. The lowest BCUT2D eigenvalue weighted by Gasteiger charge is -2.08. The lowest BCUT2D eigenvalue weighted by atomic mass is 10.1. The van der Waals surface area contributed by atoms with E-state index in [4.69, 9.17) is 4.74 Å². The summed E-state index contributed by atoms with van der Waals surface area (Å²) in [4.78, 5) is 0.218. The van der Waals surface area contributed by atoms with Gasteiger partial charge in [-0.1, -0.05) is 30.3 Å². The first kappa shape index (κ1) is 15.9. The summed E-state index contributed by atoms with van der Waals surface area (Å²) in [5.74, 6) is 0.436. The maximum atomic E-state index is 12.3. The summed E-state index contributed by atoms with van der Waals surface area (Å²) in [6, 6.07) is 18.6. The molecule has 0 spiro atoms. The number of benzene rings is 2. The summed E-state index contributed by atoms with van der Waals surface area (Å²) >= 11 is 0. The summed E-state index contributed by atoms with van der Waals surface area (Å²) in [5, 5.41) is 7.97. The van der Waals surface area contributed by atoms with Crippen molar-refractivity contribution in [1.82, 2.24) is 10.2 Å². The van der Waals surface area contributed by atoms with Crippen LogP contribution in [-0.4, -0.2) is 25.7 Å². The number of rotatable bonds is 5. The maximum Gasteiger partial charge on any atom is 0.261 e. The molecule has 7 heteroatoms. The van der Waals surface area contributed by atoms with Gasteiger partial charge >= 0.3 is 0 Å². The van der Waals surface area contributed by atoms with Crippen LogP contribution in [0.4, 0.5) is 5.69 Å². The number of sulfonamides is 1. The molecule has 0 bridgehead atoms. The van der Waals surface area contributed by atoms with Gasteiger partial charge < -0.3 is 4.74 Å². The van der Waals surface area contributed by atoms with Crippen LogP contribution in [0.5, 0.6) is 5.88 Å². The predicted octanol–water partition coefficient (Wildman–Crippen LogP) is 2.95. The minimum absolute atomic E-state index is 0.218. The Morgan fingerprint density at radius 2 is 1.58 bits per heavy atom. The largest absolute Gasteiger partial charge is 0.480 e. The minimum Gasteiger partial charge on any atom is -0.480 e. The van der Waals surface area contributed by atoms with Gasteiger partial charge in [0, 0.05) is 17.3 Å². The van der Waals surface area contributed by atoms with Gasteiger partial charge in [0.2, 0.25) is 5.88 Å². The highest BCUT2D eigenvalue weighted by Gasteiger charge is 2.13. The Kier molecular flexibility index (Phi) is 4.43. The van der Waals surface area contributed by atoms with Gasteiger partial charge in [-0.15, -0.1) is 10.2 Å². The molecular weight excluding hydrogens is 326 g/mol. The molecule has 3 aromatic rings. The van der Waals surface area contributed by atoms with E-state index in [0.717, 1.165) is 5.56 Å². The first-order valence-corrected chi connectivity index (χ1v) is 8.63. The Labute approximate surface area is 140 Å². The molecule has 0 saturated carbocycles. The molecule has 24 heavy (non-hydrogen) atoms. The molecule has 1 aromatic heterocycles. The van der Waals surface area contributed by atoms with Crippen molar-refractivity contribution >= 4 is 15.7 Å². The van der Waals surface area contributed by atoms with E-state index in [-0.39, 0.29) is 4.90 Å². The number of methoxy groups -OCH3 is 1. The topological polar surface area (TPSA) is 81.2 Å². The number of aromatic nitrogens is 2. The van der Waals surface area contributed by atoms with Crippen molar-refractivity contribution in [3.63, 3.8) is 0 Å². The minimum atomic E-state index is -3.59. The third-order valence-corrected chi connectivity index (χ3v) is 4.73. The van der Waals surface area contributed by atoms with E-state index in [2.05, 4.69) is 14.9 Å². The average Bonchev–Trinajstić information content (AvgIpc) is 2.63. The second-order valence-electron chi connectivity index (χ2n) is 4.96. The van der Waals surface area contributed by atoms with Crippen molar-refractivity contribution in [2.75, 3.05) is 11.8 Å². The lowest BCUT2D eigenvalue weighted by Crippen LogP contribution is -2.12. The summed E-state index contributed by atoms with van der Waals surface area (Å²) in [5.41, 5.74) is 1.98. The first-order valence-electron chi connectivity index (χ1n) is 7.14. The van der Waals surface area contributed by atoms with Crippen LogP contribution in [-0.2, 0) is 10.0 Å². The van der Waals surface area contributed by atoms with Crippen molar-refractivity contribution in [3.05, 3.63) is 66.7 Å². The Hall–Kier alpha value is -2.93.